The molecule has 0 aromatic rings. The van der Waals surface area contributed by atoms with Gasteiger partial charge in [0.15, 0.2) is 0 Å². The van der Waals surface area contributed by atoms with Crippen molar-refractivity contribution in [3.63, 3.8) is 0 Å². The van der Waals surface area contributed by atoms with E-state index in [1.165, 1.54) is 25.0 Å². The third-order valence-corrected chi connectivity index (χ3v) is 4.11. The minimum atomic E-state index is 0.350. The topological polar surface area (TPSA) is 20.3 Å². The van der Waals surface area contributed by atoms with Crippen molar-refractivity contribution in [3.8, 4) is 0 Å². The molecule has 1 amide bonds. The number of hydrogen-bond donors (Lipinski definition) is 0. The zero-order valence-corrected chi connectivity index (χ0v) is 8.81. The Bertz CT molecular complexity index is 183. The lowest BCUT2D eigenvalue weighted by Gasteiger charge is -2.28. The molecule has 2 fully saturated rings. The van der Waals surface area contributed by atoms with Gasteiger partial charge in [-0.2, -0.15) is 11.8 Å². The number of likely N-dealkylation sites (tertiary alicyclic amines) is 1. The van der Waals surface area contributed by atoms with Gasteiger partial charge in [0, 0.05) is 24.8 Å². The van der Waals surface area contributed by atoms with Crippen LogP contribution >= 0.6 is 11.8 Å². The maximum Gasteiger partial charge on any atom is 0.226 e. The Kier molecular flexibility index (Phi) is 3.14. The van der Waals surface area contributed by atoms with E-state index in [9.17, 15) is 4.79 Å². The molecule has 0 spiro atoms. The van der Waals surface area contributed by atoms with Crippen LogP contribution in [-0.4, -0.2) is 35.4 Å². The van der Waals surface area contributed by atoms with E-state index >= 15 is 0 Å². The van der Waals surface area contributed by atoms with Gasteiger partial charge < -0.3 is 4.90 Å². The Labute approximate surface area is 84.1 Å². The molecule has 0 aliphatic carbocycles. The van der Waals surface area contributed by atoms with Gasteiger partial charge in [0.1, 0.15) is 0 Å². The van der Waals surface area contributed by atoms with Crippen molar-refractivity contribution in [2.24, 2.45) is 5.92 Å². The Hall–Kier alpha value is -0.180. The Balaban J connectivity index is 1.87. The average molecular weight is 199 g/mol. The number of carbonyl (C=O) groups excluding carboxylic acids is 1. The quantitative estimate of drug-likeness (QED) is 0.641. The van der Waals surface area contributed by atoms with Crippen molar-refractivity contribution in [1.82, 2.24) is 4.90 Å². The van der Waals surface area contributed by atoms with Gasteiger partial charge in [-0.3, -0.25) is 4.79 Å². The molecule has 0 bridgehead atoms. The first kappa shape index (κ1) is 9.38. The number of carbonyl (C=O) groups is 1. The van der Waals surface area contributed by atoms with Gasteiger partial charge in [-0.15, -0.1) is 0 Å². The molecular weight excluding hydrogens is 182 g/mol. The SMILES string of the molecule is O=C(C1CCSC1)N1CCCCC1. The minimum absolute atomic E-state index is 0.350. The van der Waals surface area contributed by atoms with Crippen LogP contribution in [0.2, 0.25) is 0 Å². The van der Waals surface area contributed by atoms with Crippen LogP contribution in [0, 0.1) is 5.92 Å². The standard InChI is InChI=1S/C10H17NOS/c12-10(9-4-7-13-8-9)11-5-2-1-3-6-11/h9H,1-8H2. The van der Waals surface area contributed by atoms with E-state index in [0.717, 1.165) is 25.3 Å². The van der Waals surface area contributed by atoms with Crippen LogP contribution in [0.25, 0.3) is 0 Å². The molecule has 1 atom stereocenters. The Morgan fingerprint density at radius 2 is 2.00 bits per heavy atom. The van der Waals surface area contributed by atoms with Crippen LogP contribution in [0.4, 0.5) is 0 Å². The van der Waals surface area contributed by atoms with Crippen LogP contribution < -0.4 is 0 Å². The molecule has 74 valence electrons. The van der Waals surface area contributed by atoms with Gasteiger partial charge in [0.25, 0.3) is 0 Å². The normalized spacial score (nSPS) is 29.2. The summed E-state index contributed by atoms with van der Waals surface area (Å²) in [7, 11) is 0. The largest absolute Gasteiger partial charge is 0.342 e. The molecule has 2 saturated heterocycles. The second kappa shape index (κ2) is 4.36. The van der Waals surface area contributed by atoms with E-state index in [2.05, 4.69) is 4.90 Å². The van der Waals surface area contributed by atoms with Crippen LogP contribution in [0.15, 0.2) is 0 Å². The van der Waals surface area contributed by atoms with E-state index in [1.54, 1.807) is 0 Å². The van der Waals surface area contributed by atoms with Gasteiger partial charge in [-0.25, -0.2) is 0 Å². The molecule has 2 rings (SSSR count). The van der Waals surface area contributed by atoms with Gasteiger partial charge in [-0.1, -0.05) is 0 Å². The summed E-state index contributed by atoms with van der Waals surface area (Å²) in [5.41, 5.74) is 0. The monoisotopic (exact) mass is 199 g/mol. The van der Waals surface area contributed by atoms with Crippen molar-refractivity contribution >= 4 is 17.7 Å². The van der Waals surface area contributed by atoms with E-state index in [4.69, 9.17) is 0 Å². The van der Waals surface area contributed by atoms with Crippen LogP contribution in [0.5, 0.6) is 0 Å². The molecule has 2 aliphatic rings. The highest BCUT2D eigenvalue weighted by Crippen LogP contribution is 2.26. The molecule has 0 aromatic carbocycles. The Morgan fingerprint density at radius 3 is 2.62 bits per heavy atom. The van der Waals surface area contributed by atoms with Crippen molar-refractivity contribution < 1.29 is 4.79 Å². The zero-order chi connectivity index (χ0) is 9.10. The lowest BCUT2D eigenvalue weighted by atomic mass is 10.0. The lowest BCUT2D eigenvalue weighted by molar-refractivity contribution is -0.135. The third kappa shape index (κ3) is 2.19. The molecule has 2 aliphatic heterocycles. The number of amides is 1. The van der Waals surface area contributed by atoms with Gasteiger partial charge >= 0.3 is 0 Å². The lowest BCUT2D eigenvalue weighted by Crippen LogP contribution is -2.39. The first-order valence-electron chi connectivity index (χ1n) is 5.24. The fourth-order valence-corrected chi connectivity index (χ4v) is 3.31. The predicted molar refractivity (Wildman–Crippen MR) is 55.9 cm³/mol. The highest BCUT2D eigenvalue weighted by molar-refractivity contribution is 7.99. The van der Waals surface area contributed by atoms with E-state index in [1.807, 2.05) is 11.8 Å². The molecule has 3 heteroatoms. The van der Waals surface area contributed by atoms with Crippen LogP contribution in [-0.2, 0) is 4.79 Å². The van der Waals surface area contributed by atoms with Crippen LogP contribution in [0.3, 0.4) is 0 Å². The second-order valence-corrected chi connectivity index (χ2v) is 5.10. The summed E-state index contributed by atoms with van der Waals surface area (Å²) in [5.74, 6) is 3.03. The van der Waals surface area contributed by atoms with Crippen LogP contribution in [0.1, 0.15) is 25.7 Å². The predicted octanol–water partition coefficient (Wildman–Crippen LogP) is 1.75. The van der Waals surface area contributed by atoms with Crippen molar-refractivity contribution in [3.05, 3.63) is 0 Å². The molecule has 0 radical (unpaired) electrons. The number of rotatable bonds is 1. The summed E-state index contributed by atoms with van der Waals surface area (Å²) in [6.07, 6.45) is 4.85. The average Bonchev–Trinajstić information content (AvgIpc) is 2.71. The second-order valence-electron chi connectivity index (χ2n) is 3.95. The summed E-state index contributed by atoms with van der Waals surface area (Å²) >= 11 is 1.93. The van der Waals surface area contributed by atoms with E-state index in [-0.39, 0.29) is 0 Å². The van der Waals surface area contributed by atoms with Crippen molar-refractivity contribution in [2.45, 2.75) is 25.7 Å². The van der Waals surface area contributed by atoms with Gasteiger partial charge in [-0.05, 0) is 31.4 Å². The summed E-state index contributed by atoms with van der Waals surface area (Å²) in [4.78, 5) is 14.0. The number of nitrogens with zero attached hydrogens (tertiary/aromatic N) is 1. The summed E-state index contributed by atoms with van der Waals surface area (Å²) in [6, 6.07) is 0. The first-order valence-corrected chi connectivity index (χ1v) is 6.40. The van der Waals surface area contributed by atoms with Crippen molar-refractivity contribution in [1.29, 1.82) is 0 Å². The highest BCUT2D eigenvalue weighted by Gasteiger charge is 2.27. The molecule has 2 nitrogen and oxygen atoms in total. The van der Waals surface area contributed by atoms with E-state index < -0.39 is 0 Å². The highest BCUT2D eigenvalue weighted by atomic mass is 32.2. The summed E-state index contributed by atoms with van der Waals surface area (Å²) in [5, 5.41) is 0. The number of hydrogen-bond acceptors (Lipinski definition) is 2. The number of piperidine rings is 1. The molecule has 0 aromatic heterocycles. The molecular formula is C10H17NOS. The number of thioether (sulfide) groups is 1. The molecule has 0 saturated carbocycles. The van der Waals surface area contributed by atoms with Gasteiger partial charge in [0.2, 0.25) is 5.91 Å². The molecule has 2 heterocycles. The Morgan fingerprint density at radius 1 is 1.23 bits per heavy atom. The molecule has 0 N–H and O–H groups in total. The maximum atomic E-state index is 11.9. The fraction of sp³-hybridized carbons (Fsp3) is 0.900. The first-order chi connectivity index (χ1) is 6.38. The maximum absolute atomic E-state index is 11.9. The molecule has 1 unspecified atom stereocenters. The van der Waals surface area contributed by atoms with Crippen molar-refractivity contribution in [2.75, 3.05) is 24.6 Å². The van der Waals surface area contributed by atoms with E-state index in [0.29, 0.717) is 11.8 Å². The van der Waals surface area contributed by atoms with Gasteiger partial charge in [0.05, 0.1) is 0 Å². The minimum Gasteiger partial charge on any atom is -0.342 e. The summed E-state index contributed by atoms with van der Waals surface area (Å²) < 4.78 is 0. The third-order valence-electron chi connectivity index (χ3n) is 2.95. The molecule has 13 heavy (non-hydrogen) atoms. The zero-order valence-electron chi connectivity index (χ0n) is 8.00. The smallest absolute Gasteiger partial charge is 0.226 e. The fourth-order valence-electron chi connectivity index (χ4n) is 2.10. The summed E-state index contributed by atoms with van der Waals surface area (Å²) in [6.45, 7) is 2.03.